The van der Waals surface area contributed by atoms with E-state index in [2.05, 4.69) is 13.8 Å². The van der Waals surface area contributed by atoms with Crippen molar-refractivity contribution in [3.8, 4) is 5.75 Å². The van der Waals surface area contributed by atoms with Crippen molar-refractivity contribution in [3.63, 3.8) is 0 Å². The number of nitrogens with zero attached hydrogens (tertiary/aromatic N) is 3. The highest BCUT2D eigenvalue weighted by atomic mass is 32.1. The van der Waals surface area contributed by atoms with Gasteiger partial charge in [0.25, 0.3) is 5.56 Å². The first-order chi connectivity index (χ1) is 14.9. The number of methoxy groups -OCH3 is 1. The molecule has 2 aromatic heterocycles. The summed E-state index contributed by atoms with van der Waals surface area (Å²) in [5, 5.41) is 1.79. The van der Waals surface area contributed by atoms with Crippen LogP contribution in [0.3, 0.4) is 0 Å². The van der Waals surface area contributed by atoms with E-state index in [-0.39, 0.29) is 24.6 Å². The number of thiophene rings is 1. The van der Waals surface area contributed by atoms with Crippen LogP contribution in [0.25, 0.3) is 10.2 Å². The Labute approximate surface area is 184 Å². The van der Waals surface area contributed by atoms with Crippen LogP contribution in [0.4, 0.5) is 0 Å². The Morgan fingerprint density at radius 3 is 2.58 bits per heavy atom. The van der Waals surface area contributed by atoms with Crippen LogP contribution in [0.1, 0.15) is 25.8 Å². The molecule has 0 bridgehead atoms. The first kappa shape index (κ1) is 21.4. The molecule has 0 radical (unpaired) electrons. The predicted octanol–water partition coefficient (Wildman–Crippen LogP) is 2.79. The lowest BCUT2D eigenvalue weighted by Gasteiger charge is -2.35. The van der Waals surface area contributed by atoms with Gasteiger partial charge in [-0.25, -0.2) is 4.79 Å². The molecule has 8 heteroatoms. The van der Waals surface area contributed by atoms with Gasteiger partial charge in [-0.15, -0.1) is 11.3 Å². The van der Waals surface area contributed by atoms with Crippen molar-refractivity contribution in [2.75, 3.05) is 20.2 Å². The number of fused-ring (bicyclic) bond motifs is 1. The van der Waals surface area contributed by atoms with E-state index in [1.54, 1.807) is 24.6 Å². The quantitative estimate of drug-likeness (QED) is 0.610. The van der Waals surface area contributed by atoms with Crippen LogP contribution in [0, 0.1) is 11.8 Å². The van der Waals surface area contributed by atoms with E-state index >= 15 is 0 Å². The molecule has 3 aromatic rings. The van der Waals surface area contributed by atoms with Crippen LogP contribution in [-0.2, 0) is 17.9 Å². The summed E-state index contributed by atoms with van der Waals surface area (Å²) in [6.45, 7) is 5.75. The summed E-state index contributed by atoms with van der Waals surface area (Å²) in [6.07, 6.45) is 1.10. The van der Waals surface area contributed by atoms with Gasteiger partial charge < -0.3 is 9.64 Å². The molecule has 1 amide bonds. The summed E-state index contributed by atoms with van der Waals surface area (Å²) in [7, 11) is 1.57. The Morgan fingerprint density at radius 2 is 1.87 bits per heavy atom. The summed E-state index contributed by atoms with van der Waals surface area (Å²) >= 11 is 1.29. The Bertz CT molecular complexity index is 1220. The number of aromatic nitrogens is 2. The molecule has 164 valence electrons. The average molecular weight is 442 g/mol. The first-order valence-corrected chi connectivity index (χ1v) is 11.4. The number of hydrogen-bond donors (Lipinski definition) is 0. The van der Waals surface area contributed by atoms with Crippen molar-refractivity contribution in [2.24, 2.45) is 11.8 Å². The number of likely N-dealkylation sites (tertiary alicyclic amines) is 1. The molecule has 3 heterocycles. The van der Waals surface area contributed by atoms with E-state index in [1.807, 2.05) is 23.1 Å². The van der Waals surface area contributed by atoms with Gasteiger partial charge >= 0.3 is 5.69 Å². The number of amides is 1. The lowest BCUT2D eigenvalue weighted by molar-refractivity contribution is -0.134. The monoisotopic (exact) mass is 441 g/mol. The zero-order valence-electron chi connectivity index (χ0n) is 18.0. The van der Waals surface area contributed by atoms with Gasteiger partial charge in [-0.05, 0) is 47.4 Å². The third kappa shape index (κ3) is 4.30. The Hall–Kier alpha value is -2.87. The summed E-state index contributed by atoms with van der Waals surface area (Å²) < 4.78 is 8.39. The second-order valence-corrected chi connectivity index (χ2v) is 9.41. The fraction of sp³-hybridized carbons (Fsp3) is 0.435. The smallest absolute Gasteiger partial charge is 0.332 e. The van der Waals surface area contributed by atoms with Crippen molar-refractivity contribution in [1.82, 2.24) is 14.0 Å². The number of carbonyl (C=O) groups excluding carboxylic acids is 1. The highest BCUT2D eigenvalue weighted by Crippen LogP contribution is 2.22. The number of ether oxygens (including phenoxy) is 1. The zero-order valence-corrected chi connectivity index (χ0v) is 18.9. The topological polar surface area (TPSA) is 73.5 Å². The molecular weight excluding hydrogens is 414 g/mol. The average Bonchev–Trinajstić information content (AvgIpc) is 3.23. The van der Waals surface area contributed by atoms with Crippen molar-refractivity contribution in [1.29, 1.82) is 0 Å². The van der Waals surface area contributed by atoms with E-state index < -0.39 is 5.69 Å². The van der Waals surface area contributed by atoms with E-state index in [1.165, 1.54) is 20.5 Å². The SMILES string of the molecule is COc1cccc(Cn2c(=O)c3sccc3n(CC(=O)N3CC(C)CC(C)C3)c2=O)c1. The number of hydrogen-bond acceptors (Lipinski definition) is 5. The highest BCUT2D eigenvalue weighted by Gasteiger charge is 2.26. The number of carbonyl (C=O) groups is 1. The second-order valence-electron chi connectivity index (χ2n) is 8.49. The molecule has 31 heavy (non-hydrogen) atoms. The molecule has 0 N–H and O–H groups in total. The minimum atomic E-state index is -0.467. The standard InChI is InChI=1S/C23H27N3O4S/c1-15-9-16(2)12-24(11-15)20(27)14-25-19-7-8-31-21(19)22(28)26(23(25)29)13-17-5-4-6-18(10-17)30-3/h4-8,10,15-16H,9,11-14H2,1-3H3. The predicted molar refractivity (Wildman–Crippen MR) is 122 cm³/mol. The van der Waals surface area contributed by atoms with Crippen LogP contribution < -0.4 is 16.0 Å². The van der Waals surface area contributed by atoms with Crippen LogP contribution in [0.15, 0.2) is 45.3 Å². The van der Waals surface area contributed by atoms with E-state index in [9.17, 15) is 14.4 Å². The maximum Gasteiger partial charge on any atom is 0.332 e. The van der Waals surface area contributed by atoms with E-state index in [0.29, 0.717) is 40.9 Å². The van der Waals surface area contributed by atoms with Crippen LogP contribution in [-0.4, -0.2) is 40.1 Å². The number of benzene rings is 1. The molecule has 1 aromatic carbocycles. The fourth-order valence-corrected chi connectivity index (χ4v) is 5.32. The summed E-state index contributed by atoms with van der Waals surface area (Å²) in [6, 6.07) is 9.03. The first-order valence-electron chi connectivity index (χ1n) is 10.5. The molecule has 1 aliphatic rings. The van der Waals surface area contributed by atoms with Crippen LogP contribution in [0.2, 0.25) is 0 Å². The van der Waals surface area contributed by atoms with Crippen LogP contribution >= 0.6 is 11.3 Å². The second kappa shape index (κ2) is 8.70. The lowest BCUT2D eigenvalue weighted by Crippen LogP contribution is -2.47. The molecule has 7 nitrogen and oxygen atoms in total. The highest BCUT2D eigenvalue weighted by molar-refractivity contribution is 7.17. The lowest BCUT2D eigenvalue weighted by atomic mass is 9.92. The number of piperidine rings is 1. The van der Waals surface area contributed by atoms with E-state index in [0.717, 1.165) is 12.0 Å². The van der Waals surface area contributed by atoms with Gasteiger partial charge in [-0.3, -0.25) is 18.7 Å². The Kier molecular flexibility index (Phi) is 6.00. The molecule has 0 spiro atoms. The van der Waals surface area contributed by atoms with Gasteiger partial charge in [-0.1, -0.05) is 26.0 Å². The van der Waals surface area contributed by atoms with Crippen LogP contribution in [0.5, 0.6) is 5.75 Å². The molecule has 2 atom stereocenters. The van der Waals surface area contributed by atoms with Gasteiger partial charge in [0.1, 0.15) is 17.0 Å². The maximum atomic E-state index is 13.3. The summed E-state index contributed by atoms with van der Waals surface area (Å²) in [4.78, 5) is 41.3. The molecule has 1 saturated heterocycles. The van der Waals surface area contributed by atoms with Crippen molar-refractivity contribution in [2.45, 2.75) is 33.4 Å². The normalized spacial score (nSPS) is 19.0. The van der Waals surface area contributed by atoms with Gasteiger partial charge in [0.05, 0.1) is 19.2 Å². The third-order valence-corrected chi connectivity index (χ3v) is 6.72. The molecule has 0 aliphatic carbocycles. The molecular formula is C23H27N3O4S. The van der Waals surface area contributed by atoms with Gasteiger partial charge in [0, 0.05) is 13.1 Å². The van der Waals surface area contributed by atoms with Crippen molar-refractivity contribution >= 4 is 27.5 Å². The van der Waals surface area contributed by atoms with E-state index in [4.69, 9.17) is 4.74 Å². The Morgan fingerprint density at radius 1 is 1.13 bits per heavy atom. The molecule has 0 saturated carbocycles. The Balaban J connectivity index is 1.72. The van der Waals surface area contributed by atoms with Gasteiger partial charge in [0.15, 0.2) is 0 Å². The summed E-state index contributed by atoms with van der Waals surface area (Å²) in [5.41, 5.74) is 0.506. The minimum Gasteiger partial charge on any atom is -0.497 e. The molecule has 2 unspecified atom stereocenters. The summed E-state index contributed by atoms with van der Waals surface area (Å²) in [5.74, 6) is 1.45. The van der Waals surface area contributed by atoms with Crippen molar-refractivity contribution in [3.05, 3.63) is 62.1 Å². The molecule has 1 fully saturated rings. The number of rotatable bonds is 5. The van der Waals surface area contributed by atoms with Crippen molar-refractivity contribution < 1.29 is 9.53 Å². The molecule has 1 aliphatic heterocycles. The fourth-order valence-electron chi connectivity index (χ4n) is 4.48. The minimum absolute atomic E-state index is 0.0656. The van der Waals surface area contributed by atoms with Gasteiger partial charge in [-0.2, -0.15) is 0 Å². The zero-order chi connectivity index (χ0) is 22.1. The largest absolute Gasteiger partial charge is 0.497 e. The third-order valence-electron chi connectivity index (χ3n) is 5.83. The van der Waals surface area contributed by atoms with Gasteiger partial charge in [0.2, 0.25) is 5.91 Å². The maximum absolute atomic E-state index is 13.3. The molecule has 4 rings (SSSR count).